The minimum absolute atomic E-state index is 0.0442. The molecule has 1 aliphatic carbocycles. The Bertz CT molecular complexity index is 1610. The lowest BCUT2D eigenvalue weighted by Gasteiger charge is -2.42. The molecule has 2 aromatic heterocycles. The van der Waals surface area contributed by atoms with E-state index in [4.69, 9.17) is 17.3 Å². The lowest BCUT2D eigenvalue weighted by atomic mass is 9.68. The van der Waals surface area contributed by atoms with Crippen molar-refractivity contribution in [1.29, 1.82) is 5.26 Å². The van der Waals surface area contributed by atoms with Gasteiger partial charge in [-0.25, -0.2) is 9.37 Å². The van der Waals surface area contributed by atoms with E-state index in [1.165, 1.54) is 35.4 Å². The summed E-state index contributed by atoms with van der Waals surface area (Å²) in [5.41, 5.74) is 7.39. The molecule has 1 unspecified atom stereocenters. The topological polar surface area (TPSA) is 138 Å². The molecule has 3 aromatic rings. The van der Waals surface area contributed by atoms with Crippen molar-refractivity contribution < 1.29 is 14.0 Å². The van der Waals surface area contributed by atoms with Crippen LogP contribution in [0.4, 0.5) is 15.3 Å². The van der Waals surface area contributed by atoms with Crippen LogP contribution in [0.2, 0.25) is 5.02 Å². The van der Waals surface area contributed by atoms with Gasteiger partial charge < -0.3 is 11.1 Å². The number of anilines is 2. The van der Waals surface area contributed by atoms with Crippen molar-refractivity contribution in [2.24, 2.45) is 11.1 Å². The van der Waals surface area contributed by atoms with Gasteiger partial charge in [-0.1, -0.05) is 66.7 Å². The predicted octanol–water partition coefficient (Wildman–Crippen LogP) is 5.40. The number of hydrogen-bond donors (Lipinski definition) is 2. The number of carbonyl (C=O) groups excluding carboxylic acids is 2. The molecule has 5 rings (SSSR count). The summed E-state index contributed by atoms with van der Waals surface area (Å²) in [7, 11) is 0. The summed E-state index contributed by atoms with van der Waals surface area (Å²) in [5, 5.41) is 22.1. The largest absolute Gasteiger partial charge is 0.384 e. The van der Waals surface area contributed by atoms with Gasteiger partial charge in [0.05, 0.1) is 28.3 Å². The second-order valence-electron chi connectivity index (χ2n) is 10.1. The zero-order chi connectivity index (χ0) is 28.6. The number of halogens is 2. The SMILES string of the molecule is CC1(C)CC(=O)C2=C(C1)N(c1nnc(SCC(=O)Nc3ccc(Cl)cn3)s1)C(N)=C(C#N)C2c1ccccc1F. The molecule has 1 aliphatic heterocycles. The molecular weight excluding hydrogens is 573 g/mol. The molecule has 13 heteroatoms. The molecule has 0 saturated heterocycles. The minimum Gasteiger partial charge on any atom is -0.384 e. The summed E-state index contributed by atoms with van der Waals surface area (Å²) >= 11 is 8.18. The Morgan fingerprint density at radius 2 is 2.08 bits per heavy atom. The van der Waals surface area contributed by atoms with Gasteiger partial charge >= 0.3 is 0 Å². The quantitative estimate of drug-likeness (QED) is 0.359. The Balaban J connectivity index is 1.47. The number of Topliss-reactive ketones (excluding diaryl/α,β-unsaturated/α-hetero) is 1. The third-order valence-electron chi connectivity index (χ3n) is 6.51. The molecule has 1 aromatic carbocycles. The highest BCUT2D eigenvalue weighted by Crippen LogP contribution is 2.51. The third-order valence-corrected chi connectivity index (χ3v) is 8.77. The van der Waals surface area contributed by atoms with Gasteiger partial charge in [0.15, 0.2) is 10.1 Å². The Hall–Kier alpha value is -3.79. The fraction of sp³-hybridized carbons (Fsp3) is 0.259. The number of amides is 1. The number of nitrogens with one attached hydrogen (secondary N) is 1. The van der Waals surface area contributed by atoms with E-state index in [-0.39, 0.29) is 40.8 Å². The first-order chi connectivity index (χ1) is 19.1. The summed E-state index contributed by atoms with van der Waals surface area (Å²) in [4.78, 5) is 31.6. The molecule has 2 aliphatic rings. The number of carbonyl (C=O) groups is 2. The first kappa shape index (κ1) is 27.8. The van der Waals surface area contributed by atoms with Crippen LogP contribution in [-0.2, 0) is 9.59 Å². The van der Waals surface area contributed by atoms with Gasteiger partial charge in [0.25, 0.3) is 0 Å². The number of ketones is 1. The van der Waals surface area contributed by atoms with Gasteiger partial charge in [0.1, 0.15) is 17.5 Å². The average molecular weight is 596 g/mol. The zero-order valence-electron chi connectivity index (χ0n) is 21.4. The Kier molecular flexibility index (Phi) is 7.63. The molecule has 1 amide bonds. The number of aromatic nitrogens is 3. The lowest BCUT2D eigenvalue weighted by Crippen LogP contribution is -2.42. The molecule has 204 valence electrons. The minimum atomic E-state index is -0.923. The summed E-state index contributed by atoms with van der Waals surface area (Å²) in [6.07, 6.45) is 2.14. The molecule has 3 N–H and O–H groups in total. The molecular formula is C27H23ClFN7O2S2. The number of nitriles is 1. The monoisotopic (exact) mass is 595 g/mol. The second-order valence-corrected chi connectivity index (χ2v) is 12.7. The molecule has 0 radical (unpaired) electrons. The number of rotatable bonds is 6. The average Bonchev–Trinajstić information content (AvgIpc) is 3.36. The van der Waals surface area contributed by atoms with Crippen molar-refractivity contribution in [3.05, 3.63) is 81.7 Å². The molecule has 3 heterocycles. The van der Waals surface area contributed by atoms with E-state index in [9.17, 15) is 19.2 Å². The van der Waals surface area contributed by atoms with Crippen LogP contribution in [0.25, 0.3) is 0 Å². The van der Waals surface area contributed by atoms with Gasteiger partial charge in [0, 0.05) is 29.5 Å². The Labute approximate surface area is 242 Å². The maximum Gasteiger partial charge on any atom is 0.235 e. The fourth-order valence-electron chi connectivity index (χ4n) is 4.85. The molecule has 1 atom stereocenters. The zero-order valence-corrected chi connectivity index (χ0v) is 23.8. The number of allylic oxidation sites excluding steroid dienone is 3. The van der Waals surface area contributed by atoms with Gasteiger partial charge in [-0.2, -0.15) is 5.26 Å². The number of thioether (sulfide) groups is 1. The van der Waals surface area contributed by atoms with E-state index in [0.29, 0.717) is 38.0 Å². The molecule has 40 heavy (non-hydrogen) atoms. The van der Waals surface area contributed by atoms with Crippen LogP contribution in [0.1, 0.15) is 38.2 Å². The molecule has 0 spiro atoms. The highest BCUT2D eigenvalue weighted by molar-refractivity contribution is 8.01. The van der Waals surface area contributed by atoms with Crippen LogP contribution < -0.4 is 16.0 Å². The number of nitrogens with two attached hydrogens (primary N) is 1. The van der Waals surface area contributed by atoms with Crippen molar-refractivity contribution in [2.45, 2.75) is 36.9 Å². The number of nitrogens with zero attached hydrogens (tertiary/aromatic N) is 5. The van der Waals surface area contributed by atoms with Crippen molar-refractivity contribution in [3.8, 4) is 6.07 Å². The number of hydrogen-bond acceptors (Lipinski definition) is 10. The third kappa shape index (κ3) is 5.45. The first-order valence-electron chi connectivity index (χ1n) is 12.2. The standard InChI is InChI=1S/C27H23ClFN7O2S2/c1-27(2)9-18-23(19(37)10-27)22(15-5-3-4-6-17(15)29)16(11-30)24(31)36(18)25-34-35-26(40-25)39-13-21(38)33-20-8-7-14(28)12-32-20/h3-8,12,22H,9-10,13,31H2,1-2H3,(H,32,33,38). The van der Waals surface area contributed by atoms with Crippen LogP contribution in [0.15, 0.2) is 69.6 Å². The fourth-order valence-corrected chi connectivity index (χ4v) is 6.65. The molecule has 0 saturated carbocycles. The first-order valence-corrected chi connectivity index (χ1v) is 14.3. The highest BCUT2D eigenvalue weighted by atomic mass is 35.5. The van der Waals surface area contributed by atoms with E-state index >= 15 is 0 Å². The Morgan fingerprint density at radius 1 is 1.30 bits per heavy atom. The summed E-state index contributed by atoms with van der Waals surface area (Å²) < 4.78 is 15.5. The van der Waals surface area contributed by atoms with E-state index in [2.05, 4.69) is 26.6 Å². The Morgan fingerprint density at radius 3 is 2.77 bits per heavy atom. The van der Waals surface area contributed by atoms with Gasteiger partial charge in [-0.3, -0.25) is 14.5 Å². The van der Waals surface area contributed by atoms with Gasteiger partial charge in [-0.15, -0.1) is 10.2 Å². The molecule has 0 fully saturated rings. The van der Waals surface area contributed by atoms with Crippen LogP contribution >= 0.6 is 34.7 Å². The van der Waals surface area contributed by atoms with Gasteiger partial charge in [-0.05, 0) is 30.0 Å². The summed E-state index contributed by atoms with van der Waals surface area (Å²) in [5.74, 6) is -1.42. The number of pyridine rings is 1. The van der Waals surface area contributed by atoms with Crippen LogP contribution in [0, 0.1) is 22.6 Å². The van der Waals surface area contributed by atoms with Crippen LogP contribution in [0.5, 0.6) is 0 Å². The predicted molar refractivity (Wildman–Crippen MR) is 152 cm³/mol. The van der Waals surface area contributed by atoms with Crippen LogP contribution in [-0.4, -0.2) is 32.6 Å². The number of benzene rings is 1. The van der Waals surface area contributed by atoms with Crippen LogP contribution in [0.3, 0.4) is 0 Å². The van der Waals surface area contributed by atoms with Crippen molar-refractivity contribution >= 4 is 57.3 Å². The van der Waals surface area contributed by atoms with Crippen molar-refractivity contribution in [3.63, 3.8) is 0 Å². The summed E-state index contributed by atoms with van der Waals surface area (Å²) in [6, 6.07) is 11.4. The van der Waals surface area contributed by atoms with E-state index in [1.807, 2.05) is 13.8 Å². The molecule has 0 bridgehead atoms. The van der Waals surface area contributed by atoms with E-state index < -0.39 is 17.2 Å². The maximum atomic E-state index is 15.0. The van der Waals surface area contributed by atoms with Gasteiger partial charge in [0.2, 0.25) is 11.0 Å². The summed E-state index contributed by atoms with van der Waals surface area (Å²) in [6.45, 7) is 3.94. The highest BCUT2D eigenvalue weighted by Gasteiger charge is 2.46. The smallest absolute Gasteiger partial charge is 0.235 e. The molecule has 9 nitrogen and oxygen atoms in total. The lowest BCUT2D eigenvalue weighted by molar-refractivity contribution is -0.118. The second kappa shape index (κ2) is 11.0. The normalized spacial score (nSPS) is 18.4. The maximum absolute atomic E-state index is 15.0. The van der Waals surface area contributed by atoms with E-state index in [1.54, 1.807) is 35.2 Å². The van der Waals surface area contributed by atoms with E-state index in [0.717, 1.165) is 0 Å². The van der Waals surface area contributed by atoms with Crippen molar-refractivity contribution in [1.82, 2.24) is 15.2 Å². The van der Waals surface area contributed by atoms with Crippen molar-refractivity contribution in [2.75, 3.05) is 16.0 Å².